The largest absolute Gasteiger partial charge is 0.477 e. The zero-order chi connectivity index (χ0) is 12.7. The summed E-state index contributed by atoms with van der Waals surface area (Å²) in [6.45, 7) is 7.47. The Morgan fingerprint density at radius 2 is 1.88 bits per heavy atom. The average molecular weight is 238 g/mol. The molecular weight excluding hydrogens is 216 g/mol. The van der Waals surface area contributed by atoms with E-state index in [1.807, 2.05) is 6.92 Å². The molecule has 2 N–H and O–H groups in total. The predicted octanol–water partition coefficient (Wildman–Crippen LogP) is 2.88. The lowest BCUT2D eigenvalue weighted by Gasteiger charge is -2.14. The van der Waals surface area contributed by atoms with Crippen LogP contribution in [0.5, 0.6) is 11.8 Å². The predicted molar refractivity (Wildman–Crippen MR) is 69.4 cm³/mol. The van der Waals surface area contributed by atoms with Gasteiger partial charge in [0, 0.05) is 6.07 Å². The normalized spacial score (nSPS) is 10.6. The Kier molecular flexibility index (Phi) is 5.60. The molecular formula is C13H22N2O2. The van der Waals surface area contributed by atoms with Crippen molar-refractivity contribution in [2.45, 2.75) is 33.6 Å². The quantitative estimate of drug-likeness (QED) is 0.793. The number of rotatable bonds is 7. The van der Waals surface area contributed by atoms with Crippen LogP contribution in [0.4, 0.5) is 5.69 Å². The van der Waals surface area contributed by atoms with Crippen LogP contribution >= 0.6 is 0 Å². The Labute approximate surface area is 103 Å². The van der Waals surface area contributed by atoms with Gasteiger partial charge in [0.05, 0.1) is 18.9 Å². The van der Waals surface area contributed by atoms with E-state index in [-0.39, 0.29) is 0 Å². The first kappa shape index (κ1) is 13.6. The summed E-state index contributed by atoms with van der Waals surface area (Å²) in [4.78, 5) is 4.23. The SMILES string of the molecule is CCOc1nc(OCC(CC)CC)ccc1N. The van der Waals surface area contributed by atoms with E-state index < -0.39 is 0 Å². The summed E-state index contributed by atoms with van der Waals surface area (Å²) in [6.07, 6.45) is 2.23. The molecule has 17 heavy (non-hydrogen) atoms. The summed E-state index contributed by atoms with van der Waals surface area (Å²) in [5, 5.41) is 0. The highest BCUT2D eigenvalue weighted by Gasteiger charge is 2.07. The molecule has 1 aromatic heterocycles. The van der Waals surface area contributed by atoms with Crippen LogP contribution in [0.15, 0.2) is 12.1 Å². The summed E-state index contributed by atoms with van der Waals surface area (Å²) < 4.78 is 11.0. The summed E-state index contributed by atoms with van der Waals surface area (Å²) in [7, 11) is 0. The number of hydrogen-bond acceptors (Lipinski definition) is 4. The highest BCUT2D eigenvalue weighted by molar-refractivity contribution is 5.49. The highest BCUT2D eigenvalue weighted by Crippen LogP contribution is 2.22. The summed E-state index contributed by atoms with van der Waals surface area (Å²) in [6, 6.07) is 3.54. The first-order chi connectivity index (χ1) is 8.21. The molecule has 0 unspecified atom stereocenters. The standard InChI is InChI=1S/C13H22N2O2/c1-4-10(5-2)9-17-12-8-7-11(14)13(15-12)16-6-3/h7-8,10H,4-6,9,14H2,1-3H3. The van der Waals surface area contributed by atoms with Crippen LogP contribution in [-0.2, 0) is 0 Å². The minimum atomic E-state index is 0.453. The van der Waals surface area contributed by atoms with E-state index >= 15 is 0 Å². The average Bonchev–Trinajstić information content (AvgIpc) is 2.34. The second-order valence-corrected chi connectivity index (χ2v) is 3.97. The Bertz CT molecular complexity index is 338. The van der Waals surface area contributed by atoms with E-state index in [1.54, 1.807) is 12.1 Å². The Balaban J connectivity index is 2.62. The van der Waals surface area contributed by atoms with Crippen molar-refractivity contribution in [3.63, 3.8) is 0 Å². The van der Waals surface area contributed by atoms with Crippen molar-refractivity contribution in [1.82, 2.24) is 4.98 Å². The van der Waals surface area contributed by atoms with Crippen molar-refractivity contribution < 1.29 is 9.47 Å². The molecule has 96 valence electrons. The third-order valence-corrected chi connectivity index (χ3v) is 2.77. The first-order valence-corrected chi connectivity index (χ1v) is 6.23. The van der Waals surface area contributed by atoms with Gasteiger partial charge in [0.15, 0.2) is 0 Å². The van der Waals surface area contributed by atoms with Gasteiger partial charge >= 0.3 is 0 Å². The maximum absolute atomic E-state index is 5.74. The van der Waals surface area contributed by atoms with Gasteiger partial charge in [-0.3, -0.25) is 0 Å². The third-order valence-electron chi connectivity index (χ3n) is 2.77. The van der Waals surface area contributed by atoms with Gasteiger partial charge in [-0.2, -0.15) is 4.98 Å². The fourth-order valence-electron chi connectivity index (χ4n) is 1.49. The molecule has 4 nitrogen and oxygen atoms in total. The van der Waals surface area contributed by atoms with Gasteiger partial charge in [0.25, 0.3) is 0 Å². The third kappa shape index (κ3) is 4.13. The van der Waals surface area contributed by atoms with Crippen molar-refractivity contribution in [3.8, 4) is 11.8 Å². The van der Waals surface area contributed by atoms with E-state index in [9.17, 15) is 0 Å². The number of aromatic nitrogens is 1. The maximum atomic E-state index is 5.74. The summed E-state index contributed by atoms with van der Waals surface area (Å²) >= 11 is 0. The molecule has 0 atom stereocenters. The molecule has 0 saturated carbocycles. The van der Waals surface area contributed by atoms with Crippen molar-refractivity contribution in [1.29, 1.82) is 0 Å². The fourth-order valence-corrected chi connectivity index (χ4v) is 1.49. The zero-order valence-electron chi connectivity index (χ0n) is 10.9. The van der Waals surface area contributed by atoms with Crippen LogP contribution in [0, 0.1) is 5.92 Å². The minimum Gasteiger partial charge on any atom is -0.477 e. The molecule has 1 rings (SSSR count). The van der Waals surface area contributed by atoms with Crippen molar-refractivity contribution in [2.24, 2.45) is 5.92 Å². The number of pyridine rings is 1. The van der Waals surface area contributed by atoms with Crippen molar-refractivity contribution >= 4 is 5.69 Å². The van der Waals surface area contributed by atoms with Gasteiger partial charge in [-0.1, -0.05) is 26.7 Å². The molecule has 0 aliphatic rings. The number of hydrogen-bond donors (Lipinski definition) is 1. The fraction of sp³-hybridized carbons (Fsp3) is 0.615. The van der Waals surface area contributed by atoms with E-state index in [0.29, 0.717) is 36.6 Å². The van der Waals surface area contributed by atoms with Gasteiger partial charge in [0.1, 0.15) is 0 Å². The number of nitrogens with two attached hydrogens (primary N) is 1. The molecule has 0 aromatic carbocycles. The highest BCUT2D eigenvalue weighted by atomic mass is 16.5. The Hall–Kier alpha value is -1.45. The summed E-state index contributed by atoms with van der Waals surface area (Å²) in [5.41, 5.74) is 6.28. The summed E-state index contributed by atoms with van der Waals surface area (Å²) in [5.74, 6) is 1.61. The molecule has 1 aromatic rings. The smallest absolute Gasteiger partial charge is 0.240 e. The van der Waals surface area contributed by atoms with E-state index in [2.05, 4.69) is 18.8 Å². The van der Waals surface area contributed by atoms with Crippen LogP contribution in [0.2, 0.25) is 0 Å². The van der Waals surface area contributed by atoms with Gasteiger partial charge in [-0.25, -0.2) is 0 Å². The van der Waals surface area contributed by atoms with E-state index in [1.165, 1.54) is 0 Å². The second kappa shape index (κ2) is 6.99. The van der Waals surface area contributed by atoms with Crippen molar-refractivity contribution in [2.75, 3.05) is 18.9 Å². The van der Waals surface area contributed by atoms with Crippen LogP contribution in [0.1, 0.15) is 33.6 Å². The van der Waals surface area contributed by atoms with Crippen molar-refractivity contribution in [3.05, 3.63) is 12.1 Å². The molecule has 0 saturated heterocycles. The lowest BCUT2D eigenvalue weighted by molar-refractivity contribution is 0.228. The molecule has 0 bridgehead atoms. The van der Waals surface area contributed by atoms with Gasteiger partial charge < -0.3 is 15.2 Å². The molecule has 0 aliphatic heterocycles. The molecule has 0 amide bonds. The number of ether oxygens (including phenoxy) is 2. The zero-order valence-corrected chi connectivity index (χ0v) is 10.9. The van der Waals surface area contributed by atoms with Gasteiger partial charge in [-0.15, -0.1) is 0 Å². The minimum absolute atomic E-state index is 0.453. The molecule has 0 spiro atoms. The van der Waals surface area contributed by atoms with Gasteiger partial charge in [-0.05, 0) is 18.9 Å². The monoisotopic (exact) mass is 238 g/mol. The first-order valence-electron chi connectivity index (χ1n) is 6.23. The number of nitrogens with zero attached hydrogens (tertiary/aromatic N) is 1. The van der Waals surface area contributed by atoms with Crippen LogP contribution in [0.3, 0.4) is 0 Å². The lowest BCUT2D eigenvalue weighted by atomic mass is 10.1. The molecule has 0 radical (unpaired) electrons. The number of nitrogen functional groups attached to an aromatic ring is 1. The topological polar surface area (TPSA) is 57.4 Å². The van der Waals surface area contributed by atoms with E-state index in [4.69, 9.17) is 15.2 Å². The molecule has 0 aliphatic carbocycles. The van der Waals surface area contributed by atoms with Crippen LogP contribution in [0.25, 0.3) is 0 Å². The Morgan fingerprint density at radius 1 is 1.18 bits per heavy atom. The van der Waals surface area contributed by atoms with Gasteiger partial charge in [0.2, 0.25) is 11.8 Å². The second-order valence-electron chi connectivity index (χ2n) is 3.97. The Morgan fingerprint density at radius 3 is 2.47 bits per heavy atom. The van der Waals surface area contributed by atoms with Crippen LogP contribution < -0.4 is 15.2 Å². The number of anilines is 1. The molecule has 4 heteroatoms. The van der Waals surface area contributed by atoms with E-state index in [0.717, 1.165) is 12.8 Å². The molecule has 0 fully saturated rings. The maximum Gasteiger partial charge on any atom is 0.240 e. The lowest BCUT2D eigenvalue weighted by Crippen LogP contribution is -2.11. The molecule has 1 heterocycles. The van der Waals surface area contributed by atoms with Crippen LogP contribution in [-0.4, -0.2) is 18.2 Å².